The second kappa shape index (κ2) is 8.82. The van der Waals surface area contributed by atoms with Crippen LogP contribution in [0.1, 0.15) is 18.6 Å². The molecule has 0 bridgehead atoms. The lowest BCUT2D eigenvalue weighted by molar-refractivity contribution is -0.384. The fourth-order valence-electron chi connectivity index (χ4n) is 2.78. The third-order valence-electron chi connectivity index (χ3n) is 4.21. The maximum atomic E-state index is 12.4. The first kappa shape index (κ1) is 21.1. The quantitative estimate of drug-likeness (QED) is 0.375. The number of carbonyl (C=O) groups is 3. The highest BCUT2D eigenvalue weighted by atomic mass is 32.2. The lowest BCUT2D eigenvalue weighted by Crippen LogP contribution is -2.29. The van der Waals surface area contributed by atoms with Gasteiger partial charge in [-0.15, -0.1) is 0 Å². The van der Waals surface area contributed by atoms with Crippen molar-refractivity contribution in [3.63, 3.8) is 0 Å². The number of hydrogen-bond acceptors (Lipinski definition) is 8. The molecule has 30 heavy (non-hydrogen) atoms. The number of carboxylic acid groups (broad SMARTS) is 1. The second-order valence-electron chi connectivity index (χ2n) is 6.17. The van der Waals surface area contributed by atoms with E-state index in [-0.39, 0.29) is 47.1 Å². The highest BCUT2D eigenvalue weighted by Crippen LogP contribution is 2.36. The molecule has 11 heteroatoms. The van der Waals surface area contributed by atoms with Gasteiger partial charge in [0.25, 0.3) is 16.8 Å². The van der Waals surface area contributed by atoms with Crippen molar-refractivity contribution in [2.45, 2.75) is 12.8 Å². The summed E-state index contributed by atoms with van der Waals surface area (Å²) >= 11 is 0.720. The first-order valence-corrected chi connectivity index (χ1v) is 9.51. The van der Waals surface area contributed by atoms with Crippen LogP contribution in [0.25, 0.3) is 17.4 Å². The van der Waals surface area contributed by atoms with Crippen molar-refractivity contribution >= 4 is 40.6 Å². The van der Waals surface area contributed by atoms with Gasteiger partial charge in [-0.25, -0.2) is 0 Å². The molecule has 0 spiro atoms. The average Bonchev–Trinajstić information content (AvgIpc) is 3.27. The van der Waals surface area contributed by atoms with Crippen molar-refractivity contribution in [2.75, 3.05) is 13.7 Å². The summed E-state index contributed by atoms with van der Waals surface area (Å²) in [5, 5.41) is 19.5. The lowest BCUT2D eigenvalue weighted by atomic mass is 10.1. The zero-order valence-corrected chi connectivity index (χ0v) is 16.5. The van der Waals surface area contributed by atoms with Crippen LogP contribution in [-0.4, -0.2) is 45.7 Å². The van der Waals surface area contributed by atoms with E-state index in [0.29, 0.717) is 5.75 Å². The zero-order valence-electron chi connectivity index (χ0n) is 15.7. The number of carbonyl (C=O) groups excluding carboxylic acids is 2. The molecule has 1 saturated heterocycles. The Bertz CT molecular complexity index is 1060. The summed E-state index contributed by atoms with van der Waals surface area (Å²) in [5.41, 5.74) is 0.0382. The fourth-order valence-corrected chi connectivity index (χ4v) is 3.63. The minimum absolute atomic E-state index is 0.00968. The smallest absolute Gasteiger partial charge is 0.303 e. The largest absolute Gasteiger partial charge is 0.497 e. The van der Waals surface area contributed by atoms with E-state index >= 15 is 0 Å². The zero-order chi connectivity index (χ0) is 21.8. The first-order chi connectivity index (χ1) is 14.3. The molecular weight excluding hydrogens is 416 g/mol. The van der Waals surface area contributed by atoms with E-state index < -0.39 is 22.0 Å². The summed E-state index contributed by atoms with van der Waals surface area (Å²) in [6.07, 6.45) is 1.39. The molecular formula is C19H16N2O8S. The number of imide groups is 1. The minimum atomic E-state index is -1.01. The molecule has 1 fully saturated rings. The Kier molecular flexibility index (Phi) is 6.21. The molecule has 156 valence electrons. The first-order valence-electron chi connectivity index (χ1n) is 8.70. The van der Waals surface area contributed by atoms with Crippen LogP contribution in [0, 0.1) is 10.1 Å². The van der Waals surface area contributed by atoms with E-state index in [1.54, 1.807) is 6.07 Å². The number of aliphatic carboxylic acids is 1. The van der Waals surface area contributed by atoms with Gasteiger partial charge in [0, 0.05) is 19.0 Å². The van der Waals surface area contributed by atoms with Crippen molar-refractivity contribution in [3.8, 4) is 17.1 Å². The third kappa shape index (κ3) is 4.51. The predicted molar refractivity (Wildman–Crippen MR) is 107 cm³/mol. The predicted octanol–water partition coefficient (Wildman–Crippen LogP) is 3.76. The van der Waals surface area contributed by atoms with Gasteiger partial charge in [0.05, 0.1) is 28.6 Å². The Morgan fingerprint density at radius 2 is 2.10 bits per heavy atom. The molecule has 0 atom stereocenters. The summed E-state index contributed by atoms with van der Waals surface area (Å²) in [6, 6.07) is 7.39. The molecule has 1 N–H and O–H groups in total. The molecule has 1 aromatic carbocycles. The molecule has 2 amide bonds. The fraction of sp³-hybridized carbons (Fsp3) is 0.211. The van der Waals surface area contributed by atoms with Crippen LogP contribution in [0.3, 0.4) is 0 Å². The number of ether oxygens (including phenoxy) is 1. The monoisotopic (exact) mass is 432 g/mol. The molecule has 0 saturated carbocycles. The topological polar surface area (TPSA) is 140 Å². The van der Waals surface area contributed by atoms with Crippen LogP contribution in [-0.2, 0) is 9.59 Å². The Morgan fingerprint density at radius 3 is 2.77 bits per heavy atom. The van der Waals surface area contributed by atoms with Gasteiger partial charge in [0.1, 0.15) is 17.3 Å². The van der Waals surface area contributed by atoms with Crippen LogP contribution in [0.15, 0.2) is 39.7 Å². The summed E-state index contributed by atoms with van der Waals surface area (Å²) in [4.78, 5) is 47.0. The van der Waals surface area contributed by atoms with Gasteiger partial charge in [-0.3, -0.25) is 29.4 Å². The number of carboxylic acids is 1. The number of amides is 2. The Balaban J connectivity index is 1.81. The Labute approximate surface area is 174 Å². The summed E-state index contributed by atoms with van der Waals surface area (Å²) in [5.74, 6) is -0.756. The molecule has 1 aromatic heterocycles. The van der Waals surface area contributed by atoms with Gasteiger partial charge in [0.2, 0.25) is 0 Å². The maximum absolute atomic E-state index is 12.4. The summed E-state index contributed by atoms with van der Waals surface area (Å²) in [6.45, 7) is 0.00968. The minimum Gasteiger partial charge on any atom is -0.497 e. The number of benzene rings is 1. The number of furan rings is 1. The highest BCUT2D eigenvalue weighted by molar-refractivity contribution is 8.18. The lowest BCUT2D eigenvalue weighted by Gasteiger charge is -2.10. The van der Waals surface area contributed by atoms with Crippen LogP contribution in [0.4, 0.5) is 10.5 Å². The number of nitro benzene ring substituents is 1. The third-order valence-corrected chi connectivity index (χ3v) is 5.12. The molecule has 0 radical (unpaired) electrons. The Morgan fingerprint density at radius 1 is 1.33 bits per heavy atom. The number of nitrogens with zero attached hydrogens (tertiary/aromatic N) is 2. The van der Waals surface area contributed by atoms with Crippen molar-refractivity contribution in [3.05, 3.63) is 51.1 Å². The van der Waals surface area contributed by atoms with Gasteiger partial charge < -0.3 is 14.3 Å². The van der Waals surface area contributed by atoms with Gasteiger partial charge in [-0.2, -0.15) is 0 Å². The van der Waals surface area contributed by atoms with Crippen LogP contribution < -0.4 is 4.74 Å². The summed E-state index contributed by atoms with van der Waals surface area (Å²) in [7, 11) is 1.40. The molecule has 0 unspecified atom stereocenters. The van der Waals surface area contributed by atoms with E-state index in [1.807, 2.05) is 0 Å². The standard InChI is InChI=1S/C19H16N2O8S/c1-28-11-4-6-13(14(9-11)21(26)27)15-7-5-12(29-15)10-16-18(24)20(19(25)30-16)8-2-3-17(22)23/h4-7,9-10H,2-3,8H2,1H3,(H,22,23). The molecule has 2 aromatic rings. The maximum Gasteiger partial charge on any atom is 0.303 e. The number of hydrogen-bond donors (Lipinski definition) is 1. The van der Waals surface area contributed by atoms with E-state index in [0.717, 1.165) is 16.7 Å². The molecule has 1 aliphatic heterocycles. The Hall–Kier alpha value is -3.60. The average molecular weight is 432 g/mol. The number of nitro groups is 1. The van der Waals surface area contributed by atoms with Crippen molar-refractivity contribution < 1.29 is 33.6 Å². The van der Waals surface area contributed by atoms with Gasteiger partial charge in [0.15, 0.2) is 0 Å². The van der Waals surface area contributed by atoms with E-state index in [9.17, 15) is 24.5 Å². The molecule has 2 heterocycles. The van der Waals surface area contributed by atoms with E-state index in [1.165, 1.54) is 37.5 Å². The number of methoxy groups -OCH3 is 1. The van der Waals surface area contributed by atoms with Crippen molar-refractivity contribution in [1.82, 2.24) is 4.90 Å². The normalized spacial score (nSPS) is 15.1. The number of thioether (sulfide) groups is 1. The highest BCUT2D eigenvalue weighted by Gasteiger charge is 2.35. The van der Waals surface area contributed by atoms with E-state index in [4.69, 9.17) is 14.3 Å². The SMILES string of the molecule is COc1ccc(-c2ccc(C=C3SC(=O)N(CCCC(=O)O)C3=O)o2)c([N+](=O)[O-])c1. The van der Waals surface area contributed by atoms with E-state index in [2.05, 4.69) is 0 Å². The molecule has 0 aliphatic carbocycles. The van der Waals surface area contributed by atoms with Gasteiger partial charge >= 0.3 is 5.97 Å². The molecule has 10 nitrogen and oxygen atoms in total. The molecule has 1 aliphatic rings. The second-order valence-corrected chi connectivity index (χ2v) is 7.17. The summed E-state index contributed by atoms with van der Waals surface area (Å²) < 4.78 is 10.6. The molecule has 3 rings (SSSR count). The van der Waals surface area contributed by atoms with Crippen molar-refractivity contribution in [2.24, 2.45) is 0 Å². The van der Waals surface area contributed by atoms with Gasteiger partial charge in [-0.05, 0) is 42.4 Å². The van der Waals surface area contributed by atoms with Crippen molar-refractivity contribution in [1.29, 1.82) is 0 Å². The van der Waals surface area contributed by atoms with Crippen LogP contribution in [0.5, 0.6) is 5.75 Å². The van der Waals surface area contributed by atoms with Crippen LogP contribution in [0.2, 0.25) is 0 Å². The van der Waals surface area contributed by atoms with Gasteiger partial charge in [-0.1, -0.05) is 0 Å². The number of rotatable bonds is 8. The van der Waals surface area contributed by atoms with Crippen LogP contribution >= 0.6 is 11.8 Å².